The summed E-state index contributed by atoms with van der Waals surface area (Å²) < 4.78 is 32.7. The standard InChI is InChI=1S/C22H26N2O4S/c1-28-21-12-11-17(29(26,27)24-13-4-5-14-24)15-19(21)22(25)23-20-10-6-8-16-7-2-3-9-18(16)20/h2-3,7,9,11-12,15,20H,4-6,8,10,13-14H2,1H3,(H,23,25)/t20-/m1/s1. The lowest BCUT2D eigenvalue weighted by Crippen LogP contribution is -2.32. The summed E-state index contributed by atoms with van der Waals surface area (Å²) in [6.07, 6.45) is 4.60. The van der Waals surface area contributed by atoms with Crippen molar-refractivity contribution in [2.75, 3.05) is 20.2 Å². The van der Waals surface area contributed by atoms with Crippen LogP contribution in [-0.2, 0) is 16.4 Å². The van der Waals surface area contributed by atoms with Gasteiger partial charge in [0.1, 0.15) is 5.75 Å². The Morgan fingerprint density at radius 1 is 1.10 bits per heavy atom. The lowest BCUT2D eigenvalue weighted by molar-refractivity contribution is 0.0929. The second-order valence-corrected chi connectivity index (χ2v) is 9.53. The second-order valence-electron chi connectivity index (χ2n) is 7.59. The number of rotatable bonds is 5. The number of aryl methyl sites for hydroxylation is 1. The van der Waals surface area contributed by atoms with Gasteiger partial charge in [-0.15, -0.1) is 0 Å². The first-order valence-electron chi connectivity index (χ1n) is 10.1. The summed E-state index contributed by atoms with van der Waals surface area (Å²) in [4.78, 5) is 13.2. The first kappa shape index (κ1) is 19.9. The zero-order valence-electron chi connectivity index (χ0n) is 16.6. The third kappa shape index (κ3) is 3.89. The molecule has 1 aliphatic heterocycles. The predicted octanol–water partition coefficient (Wildman–Crippen LogP) is 3.29. The summed E-state index contributed by atoms with van der Waals surface area (Å²) in [5, 5.41) is 3.09. The number of nitrogens with one attached hydrogen (secondary N) is 1. The number of hydrogen-bond donors (Lipinski definition) is 1. The lowest BCUT2D eigenvalue weighted by atomic mass is 9.87. The molecule has 0 aromatic heterocycles. The summed E-state index contributed by atoms with van der Waals surface area (Å²) in [6.45, 7) is 1.05. The van der Waals surface area contributed by atoms with Crippen LogP contribution in [-0.4, -0.2) is 38.8 Å². The summed E-state index contributed by atoms with van der Waals surface area (Å²) in [5.41, 5.74) is 2.63. The molecule has 1 fully saturated rings. The zero-order chi connectivity index (χ0) is 20.4. The maximum Gasteiger partial charge on any atom is 0.255 e. The topological polar surface area (TPSA) is 75.7 Å². The monoisotopic (exact) mass is 414 g/mol. The van der Waals surface area contributed by atoms with E-state index in [4.69, 9.17) is 4.74 Å². The van der Waals surface area contributed by atoms with Gasteiger partial charge in [-0.1, -0.05) is 24.3 Å². The minimum absolute atomic E-state index is 0.0870. The fraction of sp³-hybridized carbons (Fsp3) is 0.409. The highest BCUT2D eigenvalue weighted by molar-refractivity contribution is 7.89. The van der Waals surface area contributed by atoms with Gasteiger partial charge in [-0.3, -0.25) is 4.79 Å². The van der Waals surface area contributed by atoms with Gasteiger partial charge in [0.15, 0.2) is 0 Å². The molecular weight excluding hydrogens is 388 g/mol. The average molecular weight is 415 g/mol. The first-order chi connectivity index (χ1) is 14.0. The van der Waals surface area contributed by atoms with E-state index in [1.165, 1.54) is 29.1 Å². The highest BCUT2D eigenvalue weighted by Gasteiger charge is 2.29. The molecule has 154 valence electrons. The van der Waals surface area contributed by atoms with E-state index in [2.05, 4.69) is 11.4 Å². The van der Waals surface area contributed by atoms with Gasteiger partial charge in [0, 0.05) is 13.1 Å². The van der Waals surface area contributed by atoms with Crippen molar-refractivity contribution in [1.29, 1.82) is 0 Å². The number of ether oxygens (including phenoxy) is 1. The Bertz CT molecular complexity index is 1010. The zero-order valence-corrected chi connectivity index (χ0v) is 17.4. The molecule has 2 aromatic carbocycles. The molecule has 1 saturated heterocycles. The fourth-order valence-electron chi connectivity index (χ4n) is 4.24. The van der Waals surface area contributed by atoms with Gasteiger partial charge in [0.25, 0.3) is 5.91 Å². The Kier molecular flexibility index (Phi) is 5.61. The Morgan fingerprint density at radius 3 is 2.62 bits per heavy atom. The van der Waals surface area contributed by atoms with Crippen molar-refractivity contribution >= 4 is 15.9 Å². The van der Waals surface area contributed by atoms with Crippen molar-refractivity contribution in [3.05, 3.63) is 59.2 Å². The number of nitrogens with zero attached hydrogens (tertiary/aromatic N) is 1. The number of methoxy groups -OCH3 is 1. The van der Waals surface area contributed by atoms with Crippen LogP contribution in [0.4, 0.5) is 0 Å². The average Bonchev–Trinajstić information content (AvgIpc) is 3.29. The number of hydrogen-bond acceptors (Lipinski definition) is 4. The number of benzene rings is 2. The van der Waals surface area contributed by atoms with Crippen molar-refractivity contribution in [3.63, 3.8) is 0 Å². The van der Waals surface area contributed by atoms with Crippen molar-refractivity contribution in [2.24, 2.45) is 0 Å². The van der Waals surface area contributed by atoms with Crippen LogP contribution in [0.2, 0.25) is 0 Å². The smallest absolute Gasteiger partial charge is 0.255 e. The quantitative estimate of drug-likeness (QED) is 0.815. The highest BCUT2D eigenvalue weighted by Crippen LogP contribution is 2.31. The predicted molar refractivity (Wildman–Crippen MR) is 111 cm³/mol. The maximum atomic E-state index is 13.1. The molecule has 6 nitrogen and oxygen atoms in total. The second kappa shape index (κ2) is 8.16. The van der Waals surface area contributed by atoms with Gasteiger partial charge >= 0.3 is 0 Å². The minimum Gasteiger partial charge on any atom is -0.496 e. The van der Waals surface area contributed by atoms with Gasteiger partial charge in [0.2, 0.25) is 10.0 Å². The van der Waals surface area contributed by atoms with E-state index in [1.54, 1.807) is 6.07 Å². The molecule has 0 spiro atoms. The summed E-state index contributed by atoms with van der Waals surface area (Å²) in [7, 11) is -2.12. The first-order valence-corrected chi connectivity index (χ1v) is 11.5. The molecule has 2 aromatic rings. The van der Waals surface area contributed by atoms with E-state index in [9.17, 15) is 13.2 Å². The molecule has 0 bridgehead atoms. The van der Waals surface area contributed by atoms with Crippen molar-refractivity contribution in [2.45, 2.75) is 43.0 Å². The molecule has 2 aliphatic rings. The van der Waals surface area contributed by atoms with E-state index < -0.39 is 10.0 Å². The number of fused-ring (bicyclic) bond motifs is 1. The molecule has 1 aliphatic carbocycles. The molecule has 4 rings (SSSR count). The third-order valence-corrected chi connectivity index (χ3v) is 7.69. The van der Waals surface area contributed by atoms with Gasteiger partial charge in [0.05, 0.1) is 23.6 Å². The van der Waals surface area contributed by atoms with E-state index >= 15 is 0 Å². The van der Waals surface area contributed by atoms with Crippen LogP contribution in [0.25, 0.3) is 0 Å². The van der Waals surface area contributed by atoms with Gasteiger partial charge in [-0.25, -0.2) is 8.42 Å². The molecule has 0 radical (unpaired) electrons. The summed E-state index contributed by atoms with van der Waals surface area (Å²) in [6, 6.07) is 12.6. The Labute approximate surface area is 171 Å². The number of sulfonamides is 1. The van der Waals surface area contributed by atoms with Crippen molar-refractivity contribution in [1.82, 2.24) is 9.62 Å². The van der Waals surface area contributed by atoms with E-state index in [0.717, 1.165) is 37.7 Å². The highest BCUT2D eigenvalue weighted by atomic mass is 32.2. The minimum atomic E-state index is -3.60. The van der Waals surface area contributed by atoms with Gasteiger partial charge < -0.3 is 10.1 Å². The molecule has 0 unspecified atom stereocenters. The van der Waals surface area contributed by atoms with E-state index in [0.29, 0.717) is 18.8 Å². The number of amides is 1. The Balaban J connectivity index is 1.63. The van der Waals surface area contributed by atoms with Crippen LogP contribution in [0.1, 0.15) is 53.2 Å². The molecule has 7 heteroatoms. The van der Waals surface area contributed by atoms with Crippen molar-refractivity contribution < 1.29 is 17.9 Å². The molecular formula is C22H26N2O4S. The Hall–Kier alpha value is -2.38. The van der Waals surface area contributed by atoms with Gasteiger partial charge in [-0.05, 0) is 61.4 Å². The SMILES string of the molecule is COc1ccc(S(=O)(=O)N2CCCC2)cc1C(=O)N[C@@H]1CCCc2ccccc21. The Morgan fingerprint density at radius 2 is 1.86 bits per heavy atom. The normalized spacial score (nSPS) is 19.6. The molecule has 1 N–H and O–H groups in total. The summed E-state index contributed by atoms with van der Waals surface area (Å²) >= 11 is 0. The lowest BCUT2D eigenvalue weighted by Gasteiger charge is -2.26. The molecule has 0 saturated carbocycles. The molecule has 1 atom stereocenters. The van der Waals surface area contributed by atoms with Crippen LogP contribution in [0, 0.1) is 0 Å². The van der Waals surface area contributed by atoms with E-state index in [-0.39, 0.29) is 22.4 Å². The fourth-order valence-corrected chi connectivity index (χ4v) is 5.79. The van der Waals surface area contributed by atoms with Crippen LogP contribution in [0.3, 0.4) is 0 Å². The van der Waals surface area contributed by atoms with Crippen LogP contribution >= 0.6 is 0 Å². The molecule has 29 heavy (non-hydrogen) atoms. The number of carbonyl (C=O) groups is 1. The summed E-state index contributed by atoms with van der Waals surface area (Å²) in [5.74, 6) is 0.0500. The molecule has 1 amide bonds. The van der Waals surface area contributed by atoms with Crippen LogP contribution in [0.15, 0.2) is 47.4 Å². The number of carbonyl (C=O) groups excluding carboxylic acids is 1. The molecule has 1 heterocycles. The van der Waals surface area contributed by atoms with Gasteiger partial charge in [-0.2, -0.15) is 4.31 Å². The van der Waals surface area contributed by atoms with Crippen LogP contribution in [0.5, 0.6) is 5.75 Å². The third-order valence-electron chi connectivity index (χ3n) is 5.79. The van der Waals surface area contributed by atoms with Crippen LogP contribution < -0.4 is 10.1 Å². The maximum absolute atomic E-state index is 13.1. The largest absolute Gasteiger partial charge is 0.496 e. The van der Waals surface area contributed by atoms with E-state index in [1.807, 2.05) is 18.2 Å². The van der Waals surface area contributed by atoms with Crippen molar-refractivity contribution in [3.8, 4) is 5.75 Å².